The molecule has 0 aliphatic carbocycles. The van der Waals surface area contributed by atoms with Crippen molar-refractivity contribution in [3.63, 3.8) is 0 Å². The molecule has 0 atom stereocenters. The first-order chi connectivity index (χ1) is 9.52. The summed E-state index contributed by atoms with van der Waals surface area (Å²) in [5, 5.41) is 2.72. The zero-order valence-electron chi connectivity index (χ0n) is 10.8. The lowest BCUT2D eigenvalue weighted by Crippen LogP contribution is -2.25. The SMILES string of the molecule is COc1c(Br)cc(/C=C2/C(=O)CCCNC2=O)cc1Br. The number of carbonyl (C=O) groups is 2. The normalized spacial score (nSPS) is 17.9. The van der Waals surface area contributed by atoms with Gasteiger partial charge in [0.1, 0.15) is 5.75 Å². The molecule has 0 saturated carbocycles. The van der Waals surface area contributed by atoms with Gasteiger partial charge in [0.15, 0.2) is 5.78 Å². The average Bonchev–Trinajstić information content (AvgIpc) is 2.54. The van der Waals surface area contributed by atoms with Gasteiger partial charge in [0.05, 0.1) is 21.6 Å². The fraction of sp³-hybridized carbons (Fsp3) is 0.286. The van der Waals surface area contributed by atoms with Gasteiger partial charge in [-0.2, -0.15) is 0 Å². The van der Waals surface area contributed by atoms with E-state index in [1.807, 2.05) is 12.1 Å². The van der Waals surface area contributed by atoms with Crippen LogP contribution in [0.4, 0.5) is 0 Å². The highest BCUT2D eigenvalue weighted by molar-refractivity contribution is 9.11. The molecular weight excluding hydrogens is 390 g/mol. The molecule has 1 N–H and O–H groups in total. The minimum absolute atomic E-state index is 0.122. The largest absolute Gasteiger partial charge is 0.494 e. The number of Topliss-reactive ketones (excluding diaryl/α,β-unsaturated/α-hetero) is 1. The molecule has 1 fully saturated rings. The summed E-state index contributed by atoms with van der Waals surface area (Å²) in [6.45, 7) is 0.540. The van der Waals surface area contributed by atoms with Gasteiger partial charge in [-0.1, -0.05) is 0 Å². The summed E-state index contributed by atoms with van der Waals surface area (Å²) in [4.78, 5) is 23.8. The van der Waals surface area contributed by atoms with E-state index in [1.165, 1.54) is 0 Å². The van der Waals surface area contributed by atoms with Crippen LogP contribution in [0.25, 0.3) is 6.08 Å². The van der Waals surface area contributed by atoms with Gasteiger partial charge in [-0.25, -0.2) is 0 Å². The second-order valence-corrected chi connectivity index (χ2v) is 6.07. The Morgan fingerprint density at radius 2 is 1.90 bits per heavy atom. The maximum atomic E-state index is 11.9. The lowest BCUT2D eigenvalue weighted by Gasteiger charge is -2.08. The van der Waals surface area contributed by atoms with E-state index in [-0.39, 0.29) is 17.3 Å². The number of nitrogens with one attached hydrogen (secondary N) is 1. The van der Waals surface area contributed by atoms with E-state index in [0.717, 1.165) is 14.5 Å². The number of ketones is 1. The number of rotatable bonds is 2. The highest BCUT2D eigenvalue weighted by Gasteiger charge is 2.21. The standard InChI is InChI=1S/C14H13Br2NO3/c1-20-13-10(15)6-8(7-11(13)16)5-9-12(18)3-2-4-17-14(9)19/h5-7H,2-4H2,1H3,(H,17,19)/b9-5-. The predicted octanol–water partition coefficient (Wildman–Crippen LogP) is 3.08. The molecule has 1 aromatic rings. The fourth-order valence-electron chi connectivity index (χ4n) is 1.98. The monoisotopic (exact) mass is 401 g/mol. The van der Waals surface area contributed by atoms with Crippen LogP contribution in [-0.2, 0) is 9.59 Å². The molecule has 1 saturated heterocycles. The lowest BCUT2D eigenvalue weighted by molar-refractivity contribution is -0.121. The van der Waals surface area contributed by atoms with Crippen molar-refractivity contribution < 1.29 is 14.3 Å². The van der Waals surface area contributed by atoms with Crippen LogP contribution in [0.1, 0.15) is 18.4 Å². The second kappa shape index (κ2) is 6.54. The highest BCUT2D eigenvalue weighted by atomic mass is 79.9. The highest BCUT2D eigenvalue weighted by Crippen LogP contribution is 2.35. The molecule has 0 unspecified atom stereocenters. The van der Waals surface area contributed by atoms with Crippen LogP contribution < -0.4 is 10.1 Å². The van der Waals surface area contributed by atoms with E-state index < -0.39 is 0 Å². The lowest BCUT2D eigenvalue weighted by atomic mass is 10.0. The number of amides is 1. The number of ether oxygens (including phenoxy) is 1. The summed E-state index contributed by atoms with van der Waals surface area (Å²) in [5.41, 5.74) is 0.955. The van der Waals surface area contributed by atoms with Gasteiger partial charge in [-0.3, -0.25) is 9.59 Å². The van der Waals surface area contributed by atoms with E-state index in [2.05, 4.69) is 37.2 Å². The van der Waals surface area contributed by atoms with Crippen LogP contribution >= 0.6 is 31.9 Å². The van der Waals surface area contributed by atoms with Crippen molar-refractivity contribution in [1.82, 2.24) is 5.32 Å². The number of methoxy groups -OCH3 is 1. The maximum Gasteiger partial charge on any atom is 0.254 e. The Morgan fingerprint density at radius 3 is 2.50 bits per heavy atom. The molecule has 0 aromatic heterocycles. The smallest absolute Gasteiger partial charge is 0.254 e. The van der Waals surface area contributed by atoms with Gasteiger partial charge in [0, 0.05) is 13.0 Å². The quantitative estimate of drug-likeness (QED) is 0.610. The molecule has 20 heavy (non-hydrogen) atoms. The Labute approximate surface area is 133 Å². The summed E-state index contributed by atoms with van der Waals surface area (Å²) >= 11 is 6.80. The molecule has 4 nitrogen and oxygen atoms in total. The molecule has 0 bridgehead atoms. The molecule has 106 valence electrons. The van der Waals surface area contributed by atoms with Crippen molar-refractivity contribution in [3.8, 4) is 5.75 Å². The Hall–Kier alpha value is -1.14. The maximum absolute atomic E-state index is 11.9. The van der Waals surface area contributed by atoms with E-state index in [1.54, 1.807) is 13.2 Å². The van der Waals surface area contributed by atoms with Crippen molar-refractivity contribution in [3.05, 3.63) is 32.2 Å². The van der Waals surface area contributed by atoms with E-state index in [4.69, 9.17) is 4.74 Å². The predicted molar refractivity (Wildman–Crippen MR) is 83.6 cm³/mol. The molecular formula is C14H13Br2NO3. The molecule has 1 aromatic carbocycles. The van der Waals surface area contributed by atoms with Gasteiger partial charge < -0.3 is 10.1 Å². The van der Waals surface area contributed by atoms with Gasteiger partial charge in [-0.05, 0) is 62.1 Å². The van der Waals surface area contributed by atoms with Gasteiger partial charge in [0.2, 0.25) is 0 Å². The Kier molecular flexibility index (Phi) is 4.99. The average molecular weight is 403 g/mol. The first-order valence-electron chi connectivity index (χ1n) is 6.09. The number of halogens is 2. The van der Waals surface area contributed by atoms with Crippen LogP contribution in [0.15, 0.2) is 26.7 Å². The van der Waals surface area contributed by atoms with Gasteiger partial charge in [0.25, 0.3) is 5.91 Å². The minimum Gasteiger partial charge on any atom is -0.494 e. The summed E-state index contributed by atoms with van der Waals surface area (Å²) in [6.07, 6.45) is 2.68. The minimum atomic E-state index is -0.310. The molecule has 1 amide bonds. The van der Waals surface area contributed by atoms with Crippen LogP contribution in [0.2, 0.25) is 0 Å². The van der Waals surface area contributed by atoms with Crippen LogP contribution in [-0.4, -0.2) is 25.3 Å². The second-order valence-electron chi connectivity index (χ2n) is 4.36. The molecule has 6 heteroatoms. The summed E-state index contributed by atoms with van der Waals surface area (Å²) in [6, 6.07) is 3.62. The Balaban J connectivity index is 2.43. The van der Waals surface area contributed by atoms with E-state index in [0.29, 0.717) is 25.1 Å². The number of benzene rings is 1. The van der Waals surface area contributed by atoms with Crippen LogP contribution in [0.5, 0.6) is 5.75 Å². The van der Waals surface area contributed by atoms with Gasteiger partial charge >= 0.3 is 0 Å². The zero-order chi connectivity index (χ0) is 14.7. The van der Waals surface area contributed by atoms with Crippen molar-refractivity contribution in [2.75, 3.05) is 13.7 Å². The van der Waals surface area contributed by atoms with Crippen molar-refractivity contribution in [1.29, 1.82) is 0 Å². The van der Waals surface area contributed by atoms with Crippen molar-refractivity contribution in [2.24, 2.45) is 0 Å². The summed E-state index contributed by atoms with van der Waals surface area (Å²) in [5.74, 6) is 0.238. The number of hydrogen-bond acceptors (Lipinski definition) is 3. The first-order valence-corrected chi connectivity index (χ1v) is 7.67. The number of hydrogen-bond donors (Lipinski definition) is 1. The molecule has 1 aliphatic rings. The molecule has 2 rings (SSSR count). The molecule has 1 heterocycles. The fourth-order valence-corrected chi connectivity index (χ4v) is 3.52. The van der Waals surface area contributed by atoms with Crippen molar-refractivity contribution in [2.45, 2.75) is 12.8 Å². The Morgan fingerprint density at radius 1 is 1.25 bits per heavy atom. The third-order valence-corrected chi connectivity index (χ3v) is 4.13. The summed E-state index contributed by atoms with van der Waals surface area (Å²) in [7, 11) is 1.57. The third-order valence-electron chi connectivity index (χ3n) is 2.95. The third kappa shape index (κ3) is 3.30. The topological polar surface area (TPSA) is 55.4 Å². The molecule has 1 aliphatic heterocycles. The zero-order valence-corrected chi connectivity index (χ0v) is 14.0. The summed E-state index contributed by atoms with van der Waals surface area (Å²) < 4.78 is 6.73. The van der Waals surface area contributed by atoms with E-state index >= 15 is 0 Å². The van der Waals surface area contributed by atoms with Crippen LogP contribution in [0, 0.1) is 0 Å². The molecule has 0 radical (unpaired) electrons. The molecule has 0 spiro atoms. The van der Waals surface area contributed by atoms with E-state index in [9.17, 15) is 9.59 Å². The van der Waals surface area contributed by atoms with Crippen LogP contribution in [0.3, 0.4) is 0 Å². The Bertz CT molecular complexity index is 553. The van der Waals surface area contributed by atoms with Gasteiger partial charge in [-0.15, -0.1) is 0 Å². The van der Waals surface area contributed by atoms with Crippen molar-refractivity contribution >= 4 is 49.6 Å². The first kappa shape index (κ1) is 15.3. The number of carbonyl (C=O) groups excluding carboxylic acids is 2.